The SMILES string of the molecule is COCCCCC(O)(c1cccc(F)c1-c1cccc(Cl)c1)C1CCCN(C(=O)C2CC(N)C(O)C2)C1. The van der Waals surface area contributed by atoms with E-state index in [0.29, 0.717) is 73.5 Å². The molecule has 0 aromatic heterocycles. The standard InChI is InChI=1S/C29H38ClFN2O4/c1-37-14-3-2-12-29(36,23-10-5-11-24(31)27(23)19-7-4-9-22(30)15-19)21-8-6-13-33(18-21)28(35)20-16-25(32)26(34)17-20/h4-5,7,9-11,15,20-21,25-26,34,36H,2-3,6,8,12-14,16-18,32H2,1H3. The van der Waals surface area contributed by atoms with Crippen LogP contribution in [0.4, 0.5) is 4.39 Å². The third-order valence-electron chi connectivity index (χ3n) is 8.08. The molecule has 2 aliphatic rings. The number of piperidine rings is 1. The molecule has 1 aliphatic carbocycles. The lowest BCUT2D eigenvalue weighted by Crippen LogP contribution is -2.49. The van der Waals surface area contributed by atoms with Crippen molar-refractivity contribution in [1.82, 2.24) is 4.90 Å². The van der Waals surface area contributed by atoms with Crippen molar-refractivity contribution in [3.05, 3.63) is 58.9 Å². The molecule has 1 saturated carbocycles. The van der Waals surface area contributed by atoms with Crippen LogP contribution in [0.2, 0.25) is 5.02 Å². The minimum Gasteiger partial charge on any atom is -0.391 e. The number of aliphatic hydroxyl groups is 2. The number of rotatable bonds is 9. The summed E-state index contributed by atoms with van der Waals surface area (Å²) in [6.07, 6.45) is 3.46. The van der Waals surface area contributed by atoms with Gasteiger partial charge in [0.15, 0.2) is 0 Å². The normalized spacial score (nSPS) is 25.7. The fourth-order valence-electron chi connectivity index (χ4n) is 6.10. The van der Waals surface area contributed by atoms with Crippen molar-refractivity contribution in [2.45, 2.75) is 62.7 Å². The van der Waals surface area contributed by atoms with Crippen LogP contribution in [-0.2, 0) is 15.1 Å². The number of nitrogens with two attached hydrogens (primary N) is 1. The van der Waals surface area contributed by atoms with Gasteiger partial charge < -0.3 is 25.6 Å². The first-order valence-electron chi connectivity index (χ1n) is 13.2. The summed E-state index contributed by atoms with van der Waals surface area (Å²) in [5.41, 5.74) is 6.07. The molecule has 4 N–H and O–H groups in total. The van der Waals surface area contributed by atoms with Gasteiger partial charge in [-0.25, -0.2) is 4.39 Å². The molecule has 202 valence electrons. The van der Waals surface area contributed by atoms with E-state index in [-0.39, 0.29) is 23.8 Å². The number of aliphatic hydroxyl groups excluding tert-OH is 1. The zero-order chi connectivity index (χ0) is 26.6. The number of ether oxygens (including phenoxy) is 1. The molecule has 0 spiro atoms. The van der Waals surface area contributed by atoms with Gasteiger partial charge in [-0.05, 0) is 74.3 Å². The zero-order valence-electron chi connectivity index (χ0n) is 21.4. The lowest BCUT2D eigenvalue weighted by molar-refractivity contribution is -0.141. The highest BCUT2D eigenvalue weighted by atomic mass is 35.5. The number of likely N-dealkylation sites (tertiary alicyclic amines) is 1. The summed E-state index contributed by atoms with van der Waals surface area (Å²) in [6.45, 7) is 1.54. The van der Waals surface area contributed by atoms with Crippen molar-refractivity contribution in [2.24, 2.45) is 17.6 Å². The Morgan fingerprint density at radius 2 is 2.03 bits per heavy atom. The van der Waals surface area contributed by atoms with Crippen molar-refractivity contribution in [2.75, 3.05) is 26.8 Å². The number of halogens is 2. The van der Waals surface area contributed by atoms with Gasteiger partial charge in [0.1, 0.15) is 5.82 Å². The molecule has 8 heteroatoms. The monoisotopic (exact) mass is 532 g/mol. The average Bonchev–Trinajstić information content (AvgIpc) is 3.23. The molecular formula is C29H38ClFN2O4. The van der Waals surface area contributed by atoms with Crippen molar-refractivity contribution in [3.63, 3.8) is 0 Å². The van der Waals surface area contributed by atoms with E-state index in [1.54, 1.807) is 43.5 Å². The average molecular weight is 533 g/mol. The van der Waals surface area contributed by atoms with E-state index in [4.69, 9.17) is 22.1 Å². The lowest BCUT2D eigenvalue weighted by atomic mass is 9.72. The lowest BCUT2D eigenvalue weighted by Gasteiger charge is -2.44. The van der Waals surface area contributed by atoms with Gasteiger partial charge in [0, 0.05) is 55.3 Å². The maximum absolute atomic E-state index is 15.4. The Hall–Kier alpha value is -2.03. The Labute approximate surface area is 223 Å². The van der Waals surface area contributed by atoms with Crippen LogP contribution in [0.15, 0.2) is 42.5 Å². The molecular weight excluding hydrogens is 495 g/mol. The summed E-state index contributed by atoms with van der Waals surface area (Å²) < 4.78 is 20.6. The number of carbonyl (C=O) groups excluding carboxylic acids is 1. The Morgan fingerprint density at radius 3 is 2.73 bits per heavy atom. The van der Waals surface area contributed by atoms with E-state index >= 15 is 4.39 Å². The number of amides is 1. The molecule has 2 aromatic carbocycles. The fourth-order valence-corrected chi connectivity index (χ4v) is 6.29. The van der Waals surface area contributed by atoms with Crippen molar-refractivity contribution in [1.29, 1.82) is 0 Å². The Kier molecular flexibility index (Phi) is 9.24. The van der Waals surface area contributed by atoms with Gasteiger partial charge in [-0.1, -0.05) is 35.9 Å². The molecule has 5 atom stereocenters. The highest BCUT2D eigenvalue weighted by molar-refractivity contribution is 6.30. The number of nitrogens with zero attached hydrogens (tertiary/aromatic N) is 1. The number of methoxy groups -OCH3 is 1. The van der Waals surface area contributed by atoms with Gasteiger partial charge in [0.05, 0.1) is 11.7 Å². The second-order valence-corrected chi connectivity index (χ2v) is 11.0. The van der Waals surface area contributed by atoms with Crippen LogP contribution in [0.1, 0.15) is 50.5 Å². The first kappa shape index (κ1) is 28.0. The van der Waals surface area contributed by atoms with E-state index in [2.05, 4.69) is 0 Å². The first-order chi connectivity index (χ1) is 17.7. The van der Waals surface area contributed by atoms with Crippen LogP contribution in [0.5, 0.6) is 0 Å². The first-order valence-corrected chi connectivity index (χ1v) is 13.6. The Bertz CT molecular complexity index is 1080. The number of benzene rings is 2. The molecule has 6 nitrogen and oxygen atoms in total. The molecule has 1 heterocycles. The minimum absolute atomic E-state index is 0.0206. The van der Waals surface area contributed by atoms with Crippen LogP contribution >= 0.6 is 11.6 Å². The number of carbonyl (C=O) groups is 1. The fraction of sp³-hybridized carbons (Fsp3) is 0.552. The molecule has 4 rings (SSSR count). The molecule has 37 heavy (non-hydrogen) atoms. The smallest absolute Gasteiger partial charge is 0.225 e. The highest BCUT2D eigenvalue weighted by Crippen LogP contribution is 2.45. The highest BCUT2D eigenvalue weighted by Gasteiger charge is 2.44. The summed E-state index contributed by atoms with van der Waals surface area (Å²) in [4.78, 5) is 15.2. The predicted octanol–water partition coefficient (Wildman–Crippen LogP) is 4.49. The summed E-state index contributed by atoms with van der Waals surface area (Å²) in [5, 5.41) is 23.0. The number of hydrogen-bond acceptors (Lipinski definition) is 5. The molecule has 2 fully saturated rings. The minimum atomic E-state index is -1.36. The van der Waals surface area contributed by atoms with Crippen molar-refractivity contribution >= 4 is 17.5 Å². The van der Waals surface area contributed by atoms with E-state index in [1.807, 2.05) is 4.90 Å². The summed E-state index contributed by atoms with van der Waals surface area (Å²) >= 11 is 6.25. The van der Waals surface area contributed by atoms with E-state index in [1.165, 1.54) is 6.07 Å². The van der Waals surface area contributed by atoms with Crippen LogP contribution in [0.3, 0.4) is 0 Å². The Morgan fingerprint density at radius 1 is 1.24 bits per heavy atom. The van der Waals surface area contributed by atoms with Crippen molar-refractivity contribution < 1.29 is 24.1 Å². The van der Waals surface area contributed by atoms with E-state index in [9.17, 15) is 15.0 Å². The van der Waals surface area contributed by atoms with Crippen LogP contribution in [0.25, 0.3) is 11.1 Å². The molecule has 2 aromatic rings. The summed E-state index contributed by atoms with van der Waals surface area (Å²) in [7, 11) is 1.65. The topological polar surface area (TPSA) is 96.0 Å². The second kappa shape index (κ2) is 12.2. The third kappa shape index (κ3) is 6.18. The van der Waals surface area contributed by atoms with E-state index < -0.39 is 17.5 Å². The third-order valence-corrected chi connectivity index (χ3v) is 8.32. The number of hydrogen-bond donors (Lipinski definition) is 3. The summed E-state index contributed by atoms with van der Waals surface area (Å²) in [5.74, 6) is -1.04. The van der Waals surface area contributed by atoms with Gasteiger partial charge >= 0.3 is 0 Å². The van der Waals surface area contributed by atoms with E-state index in [0.717, 1.165) is 12.8 Å². The maximum atomic E-state index is 15.4. The van der Waals surface area contributed by atoms with Gasteiger partial charge in [0.2, 0.25) is 5.91 Å². The number of unbranched alkanes of at least 4 members (excludes halogenated alkanes) is 1. The maximum Gasteiger partial charge on any atom is 0.225 e. The molecule has 0 radical (unpaired) electrons. The van der Waals surface area contributed by atoms with Crippen LogP contribution in [0, 0.1) is 17.7 Å². The molecule has 1 amide bonds. The zero-order valence-corrected chi connectivity index (χ0v) is 22.2. The summed E-state index contributed by atoms with van der Waals surface area (Å²) in [6, 6.07) is 11.4. The van der Waals surface area contributed by atoms with Crippen molar-refractivity contribution in [3.8, 4) is 11.1 Å². The largest absolute Gasteiger partial charge is 0.391 e. The quantitative estimate of drug-likeness (QED) is 0.414. The second-order valence-electron chi connectivity index (χ2n) is 10.6. The van der Waals surface area contributed by atoms with Crippen LogP contribution < -0.4 is 5.73 Å². The van der Waals surface area contributed by atoms with Gasteiger partial charge in [0.25, 0.3) is 0 Å². The predicted molar refractivity (Wildman–Crippen MR) is 142 cm³/mol. The van der Waals surface area contributed by atoms with Gasteiger partial charge in [-0.15, -0.1) is 0 Å². The molecule has 1 aliphatic heterocycles. The van der Waals surface area contributed by atoms with Gasteiger partial charge in [-0.2, -0.15) is 0 Å². The Balaban J connectivity index is 1.68. The van der Waals surface area contributed by atoms with Crippen LogP contribution in [-0.4, -0.2) is 60.0 Å². The molecule has 1 saturated heterocycles. The molecule has 0 bridgehead atoms. The van der Waals surface area contributed by atoms with Gasteiger partial charge in [-0.3, -0.25) is 4.79 Å². The molecule has 5 unspecified atom stereocenters.